The average Bonchev–Trinajstić information content (AvgIpc) is 1.29. The quantitative estimate of drug-likeness (QED) is 0.0251. The lowest BCUT2D eigenvalue weighted by atomic mass is 10.2. The second-order valence-electron chi connectivity index (χ2n) is 24.3. The van der Waals surface area contributed by atoms with Crippen LogP contribution in [0.25, 0.3) is 0 Å². The molecule has 0 aromatic heterocycles. The molecule has 0 spiro atoms. The summed E-state index contributed by atoms with van der Waals surface area (Å²) < 4.78 is 0. The molecule has 0 fully saturated rings. The summed E-state index contributed by atoms with van der Waals surface area (Å²) in [6.45, 7) is 11.9. The summed E-state index contributed by atoms with van der Waals surface area (Å²) in [4.78, 5) is 166. The van der Waals surface area contributed by atoms with E-state index in [2.05, 4.69) is 63.8 Å². The lowest BCUT2D eigenvalue weighted by Gasteiger charge is -2.25. The maximum absolute atomic E-state index is 13.5. The highest BCUT2D eigenvalue weighted by Gasteiger charge is 2.19. The van der Waals surface area contributed by atoms with Crippen molar-refractivity contribution in [3.8, 4) is 0 Å². The van der Waals surface area contributed by atoms with Crippen LogP contribution in [0.3, 0.4) is 0 Å². The number of carbonyl (C=O) groups excluding carboxylic acids is 12. The summed E-state index contributed by atoms with van der Waals surface area (Å²) in [6.07, 6.45) is 2.75. The first-order valence-corrected chi connectivity index (χ1v) is 36.4. The highest BCUT2D eigenvalue weighted by molar-refractivity contribution is 5.80. The first-order chi connectivity index (χ1) is 49.2. The molecule has 0 saturated heterocycles. The lowest BCUT2D eigenvalue weighted by molar-refractivity contribution is -0.123. The van der Waals surface area contributed by atoms with Crippen molar-refractivity contribution >= 4 is 70.9 Å². The molecule has 0 atom stereocenters. The van der Waals surface area contributed by atoms with E-state index >= 15 is 0 Å². The van der Waals surface area contributed by atoms with E-state index in [1.54, 1.807) is 0 Å². The van der Waals surface area contributed by atoms with Crippen LogP contribution in [0.15, 0.2) is 0 Å². The van der Waals surface area contributed by atoms with Crippen molar-refractivity contribution in [1.82, 2.24) is 93.2 Å². The molecule has 0 aromatic carbocycles. The largest absolute Gasteiger partial charge is 0.355 e. The molecule has 0 aliphatic rings. The lowest BCUT2D eigenvalue weighted by Crippen LogP contribution is -2.41. The van der Waals surface area contributed by atoms with E-state index in [0.29, 0.717) is 157 Å². The Morgan fingerprint density at radius 2 is 0.265 bits per heavy atom. The van der Waals surface area contributed by atoms with Crippen molar-refractivity contribution in [1.29, 1.82) is 0 Å². The number of amides is 12. The van der Waals surface area contributed by atoms with Gasteiger partial charge in [0.05, 0.1) is 0 Å². The van der Waals surface area contributed by atoms with Crippen molar-refractivity contribution in [2.75, 3.05) is 249 Å². The summed E-state index contributed by atoms with van der Waals surface area (Å²) in [5, 5.41) is 33.8. The van der Waals surface area contributed by atoms with Gasteiger partial charge in [-0.1, -0.05) is 0 Å². The zero-order chi connectivity index (χ0) is 75.6. The highest BCUT2D eigenvalue weighted by Crippen LogP contribution is 2.06. The molecular formula is C64H132N26O12. The Hall–Kier alpha value is -6.92. The third-order valence-electron chi connectivity index (χ3n) is 15.8. The van der Waals surface area contributed by atoms with E-state index in [-0.39, 0.29) is 253 Å². The minimum Gasteiger partial charge on any atom is -0.355 e. The molecular weight excluding hydrogens is 1320 g/mol. The maximum Gasteiger partial charge on any atom is 0.221 e. The molecule has 0 aromatic rings. The van der Waals surface area contributed by atoms with Gasteiger partial charge in [-0.25, -0.2) is 0 Å². The van der Waals surface area contributed by atoms with Gasteiger partial charge in [0, 0.05) is 313 Å². The molecule has 0 rings (SSSR count). The Labute approximate surface area is 604 Å². The number of carbonyl (C=O) groups is 12. The Kier molecular flexibility index (Phi) is 61.6. The summed E-state index contributed by atoms with van der Waals surface area (Å²) in [5.41, 5.74) is 44.5. The summed E-state index contributed by atoms with van der Waals surface area (Å²) in [5.74, 6) is -2.56. The summed E-state index contributed by atoms with van der Waals surface area (Å²) in [7, 11) is 0. The van der Waals surface area contributed by atoms with Crippen LogP contribution in [0.4, 0.5) is 0 Å². The van der Waals surface area contributed by atoms with Gasteiger partial charge in [0.25, 0.3) is 0 Å². The number of unbranched alkanes of at least 4 members (excludes halogenated alkanes) is 1. The Balaban J connectivity index is 6.59. The van der Waals surface area contributed by atoms with Gasteiger partial charge in [0.2, 0.25) is 70.9 Å². The van der Waals surface area contributed by atoms with Crippen molar-refractivity contribution in [3.63, 3.8) is 0 Å². The molecule has 102 heavy (non-hydrogen) atoms. The SMILES string of the molecule is NCCNC(=O)CCN(CCNC(=O)CCN(CCCCN(CCC(=O)NCCN(CCC(=O)NCCN)CCC(=O)NCCN)CCC(=O)NCCN(CCC(=O)NCCN)CCC(=O)NCCN)CCC(=O)NCCN(CCC(=O)NCCN)CCC(=O)NCCN)CCC(=O)NCCN. The molecule has 38 nitrogen and oxygen atoms in total. The normalized spacial score (nSPS) is 11.2. The number of hydrogen-bond donors (Lipinski definition) is 20. The molecule has 12 amide bonds. The van der Waals surface area contributed by atoms with Gasteiger partial charge in [0.1, 0.15) is 0 Å². The van der Waals surface area contributed by atoms with E-state index in [1.165, 1.54) is 0 Å². The molecule has 0 bridgehead atoms. The van der Waals surface area contributed by atoms with Gasteiger partial charge in [-0.2, -0.15) is 0 Å². The van der Waals surface area contributed by atoms with Crippen molar-refractivity contribution in [2.45, 2.75) is 89.9 Å². The van der Waals surface area contributed by atoms with Crippen LogP contribution >= 0.6 is 0 Å². The van der Waals surface area contributed by atoms with Crippen LogP contribution in [0.5, 0.6) is 0 Å². The standard InChI is InChI=1S/C64H132N26O12/c65-15-23-73-53(91)7-41-87(42-8-54(92)74-24-16-66)49-31-81-61(99)3-37-85(38-4-62(100)82-32-50-88(43-9-55(93)75-25-17-67)44-10-56(94)76-26-18-68)35-1-2-36-86(39-5-63(101)83-33-51-89(45-11-57(95)77-27-19-69)46-12-58(96)78-28-20-70)40-6-64(102)84-34-52-90(47-13-59(97)79-29-21-71)48-14-60(98)80-30-22-72/h1-52,65-72H2,(H,73,91)(H,74,92)(H,75,93)(H,76,94)(H,77,95)(H,78,96)(H,79,97)(H,80,98)(H,81,99)(H,82,100)(H,83,101)(H,84,102). The molecule has 28 N–H and O–H groups in total. The van der Waals surface area contributed by atoms with Crippen LogP contribution in [0, 0.1) is 0 Å². The molecule has 0 unspecified atom stereocenters. The Morgan fingerprint density at radius 3 is 0.382 bits per heavy atom. The monoisotopic (exact) mass is 1460 g/mol. The fraction of sp³-hybridized carbons (Fsp3) is 0.812. The number of hydrogen-bond acceptors (Lipinski definition) is 26. The van der Waals surface area contributed by atoms with Gasteiger partial charge < -0.3 is 139 Å². The van der Waals surface area contributed by atoms with Gasteiger partial charge in [-0.05, 0) is 25.9 Å². The van der Waals surface area contributed by atoms with E-state index in [4.69, 9.17) is 45.9 Å². The zero-order valence-electron chi connectivity index (χ0n) is 61.0. The van der Waals surface area contributed by atoms with Crippen LogP contribution in [0.2, 0.25) is 0 Å². The van der Waals surface area contributed by atoms with Crippen LogP contribution < -0.4 is 110 Å². The van der Waals surface area contributed by atoms with Gasteiger partial charge in [-0.3, -0.25) is 57.5 Å². The number of nitrogens with one attached hydrogen (secondary N) is 12. The fourth-order valence-corrected chi connectivity index (χ4v) is 9.97. The van der Waals surface area contributed by atoms with Crippen molar-refractivity contribution < 1.29 is 57.5 Å². The third kappa shape index (κ3) is 58.6. The molecule has 0 heterocycles. The first-order valence-electron chi connectivity index (χ1n) is 36.4. The van der Waals surface area contributed by atoms with Crippen LogP contribution in [-0.4, -0.2) is 349 Å². The zero-order valence-corrected chi connectivity index (χ0v) is 61.0. The van der Waals surface area contributed by atoms with Crippen molar-refractivity contribution in [2.24, 2.45) is 45.9 Å². The predicted octanol–water partition coefficient (Wildman–Crippen LogP) is -10.7. The fourth-order valence-electron chi connectivity index (χ4n) is 9.97. The van der Waals surface area contributed by atoms with Crippen molar-refractivity contribution in [3.05, 3.63) is 0 Å². The highest BCUT2D eigenvalue weighted by atomic mass is 16.2. The average molecular weight is 1460 g/mol. The summed E-state index contributed by atoms with van der Waals surface area (Å²) >= 11 is 0. The maximum atomic E-state index is 13.5. The number of nitrogens with two attached hydrogens (primary N) is 8. The molecule has 0 aliphatic heterocycles. The van der Waals surface area contributed by atoms with Crippen LogP contribution in [0.1, 0.15) is 89.9 Å². The van der Waals surface area contributed by atoms with Gasteiger partial charge >= 0.3 is 0 Å². The second-order valence-corrected chi connectivity index (χ2v) is 24.3. The molecule has 38 heteroatoms. The van der Waals surface area contributed by atoms with Gasteiger partial charge in [0.15, 0.2) is 0 Å². The topological polar surface area (TPSA) is 577 Å². The van der Waals surface area contributed by atoms with E-state index in [0.717, 1.165) is 0 Å². The predicted molar refractivity (Wildman–Crippen MR) is 392 cm³/mol. The molecule has 0 saturated carbocycles. The first kappa shape index (κ1) is 95.1. The van der Waals surface area contributed by atoms with Gasteiger partial charge in [-0.15, -0.1) is 0 Å². The number of rotatable bonds is 69. The Morgan fingerprint density at radius 1 is 0.157 bits per heavy atom. The molecule has 0 aliphatic carbocycles. The summed E-state index contributed by atoms with van der Waals surface area (Å²) in [6, 6.07) is 0. The Bertz CT molecular complexity index is 1920. The third-order valence-corrected chi connectivity index (χ3v) is 15.8. The van der Waals surface area contributed by atoms with E-state index < -0.39 is 0 Å². The van der Waals surface area contributed by atoms with E-state index in [1.807, 2.05) is 29.4 Å². The minimum absolute atomic E-state index is 0.0751. The molecule has 590 valence electrons. The van der Waals surface area contributed by atoms with Crippen LogP contribution in [-0.2, 0) is 57.5 Å². The number of nitrogens with zero attached hydrogens (tertiary/aromatic N) is 6. The molecule has 0 radical (unpaired) electrons. The smallest absolute Gasteiger partial charge is 0.221 e. The minimum atomic E-state index is -0.254. The second kappa shape index (κ2) is 66.1. The van der Waals surface area contributed by atoms with E-state index in [9.17, 15) is 57.5 Å².